The lowest BCUT2D eigenvalue weighted by atomic mass is 10.0. The second kappa shape index (κ2) is 12.6. The van der Waals surface area contributed by atoms with Crippen LogP contribution in [0, 0.1) is 5.92 Å². The summed E-state index contributed by atoms with van der Waals surface area (Å²) in [7, 11) is -4.23. The highest BCUT2D eigenvalue weighted by atomic mass is 35.5. The maximum absolute atomic E-state index is 13.7. The monoisotopic (exact) mass is 622 g/mol. The SMILES string of the molecule is CC(C)(C)OC(=O)N[C@H]1CCCCCC=C[C@@H]2C[C@@]2(C(=O)NS(=O)(=O)c2ccc(Cl)cc2)NC(=O)C2CCCN2C1=O. The summed E-state index contributed by atoms with van der Waals surface area (Å²) < 4.78 is 33.4. The van der Waals surface area contributed by atoms with Gasteiger partial charge in [0.25, 0.3) is 15.9 Å². The molecule has 2 aliphatic heterocycles. The van der Waals surface area contributed by atoms with Crippen LogP contribution in [-0.2, 0) is 29.1 Å². The van der Waals surface area contributed by atoms with Gasteiger partial charge in [-0.1, -0.05) is 36.6 Å². The Morgan fingerprint density at radius 2 is 1.79 bits per heavy atom. The first kappa shape index (κ1) is 31.8. The van der Waals surface area contributed by atoms with E-state index in [1.807, 2.05) is 12.2 Å². The van der Waals surface area contributed by atoms with Crippen molar-refractivity contribution < 1.29 is 32.3 Å². The molecule has 13 heteroatoms. The number of hydrogen-bond donors (Lipinski definition) is 3. The highest BCUT2D eigenvalue weighted by Gasteiger charge is 2.61. The van der Waals surface area contributed by atoms with Crippen molar-refractivity contribution >= 4 is 45.4 Å². The van der Waals surface area contributed by atoms with Crippen LogP contribution in [0.25, 0.3) is 0 Å². The van der Waals surface area contributed by atoms with Crippen LogP contribution >= 0.6 is 11.6 Å². The van der Waals surface area contributed by atoms with E-state index in [4.69, 9.17) is 16.3 Å². The van der Waals surface area contributed by atoms with Crippen molar-refractivity contribution in [3.8, 4) is 0 Å². The molecule has 0 bridgehead atoms. The molecule has 230 valence electrons. The second-order valence-corrected chi connectivity index (χ2v) is 14.2. The third-order valence-corrected chi connectivity index (χ3v) is 9.28. The van der Waals surface area contributed by atoms with Gasteiger partial charge in [-0.15, -0.1) is 0 Å². The molecule has 2 heterocycles. The third kappa shape index (κ3) is 7.63. The molecule has 0 radical (unpaired) electrons. The van der Waals surface area contributed by atoms with Gasteiger partial charge in [0.2, 0.25) is 11.8 Å². The zero-order chi connectivity index (χ0) is 30.7. The Balaban J connectivity index is 1.56. The number of carbonyl (C=O) groups excluding carboxylic acids is 4. The fourth-order valence-corrected chi connectivity index (χ4v) is 6.59. The summed E-state index contributed by atoms with van der Waals surface area (Å²) in [5.74, 6) is -2.17. The Kier molecular flexibility index (Phi) is 9.56. The van der Waals surface area contributed by atoms with Crippen LogP contribution in [0.3, 0.4) is 0 Å². The van der Waals surface area contributed by atoms with Crippen molar-refractivity contribution in [1.29, 1.82) is 0 Å². The second-order valence-electron chi connectivity index (χ2n) is 12.1. The van der Waals surface area contributed by atoms with Gasteiger partial charge in [-0.3, -0.25) is 14.4 Å². The fourth-order valence-electron chi connectivity index (χ4n) is 5.43. The van der Waals surface area contributed by atoms with Gasteiger partial charge < -0.3 is 20.3 Å². The van der Waals surface area contributed by atoms with Gasteiger partial charge in [0.05, 0.1) is 4.90 Å². The normalized spacial score (nSPS) is 27.0. The molecule has 11 nitrogen and oxygen atoms in total. The first-order chi connectivity index (χ1) is 19.7. The Bertz CT molecular complexity index is 1340. The van der Waals surface area contributed by atoms with Crippen LogP contribution in [0.1, 0.15) is 72.1 Å². The molecule has 3 aliphatic rings. The number of amides is 4. The van der Waals surface area contributed by atoms with Crippen LogP contribution in [-0.4, -0.2) is 66.9 Å². The summed E-state index contributed by atoms with van der Waals surface area (Å²) in [5, 5.41) is 5.85. The average Bonchev–Trinajstić information content (AvgIpc) is 3.35. The lowest BCUT2D eigenvalue weighted by Crippen LogP contribution is -2.58. The zero-order valence-electron chi connectivity index (χ0n) is 24.2. The van der Waals surface area contributed by atoms with E-state index in [1.165, 1.54) is 29.2 Å². The minimum absolute atomic E-state index is 0.135. The Hall–Kier alpha value is -3.12. The van der Waals surface area contributed by atoms with Crippen molar-refractivity contribution in [1.82, 2.24) is 20.3 Å². The predicted octanol–water partition coefficient (Wildman–Crippen LogP) is 3.42. The molecule has 4 amide bonds. The van der Waals surface area contributed by atoms with Crippen LogP contribution in [0.15, 0.2) is 41.3 Å². The average molecular weight is 623 g/mol. The minimum atomic E-state index is -4.23. The largest absolute Gasteiger partial charge is 0.444 e. The van der Waals surface area contributed by atoms with E-state index in [9.17, 15) is 27.6 Å². The van der Waals surface area contributed by atoms with E-state index < -0.39 is 57.1 Å². The van der Waals surface area contributed by atoms with Gasteiger partial charge in [0, 0.05) is 17.5 Å². The van der Waals surface area contributed by atoms with E-state index in [0.717, 1.165) is 12.8 Å². The molecule has 2 fully saturated rings. The quantitative estimate of drug-likeness (QED) is 0.435. The Labute approximate surface area is 251 Å². The van der Waals surface area contributed by atoms with E-state index in [-0.39, 0.29) is 17.2 Å². The summed E-state index contributed by atoms with van der Waals surface area (Å²) in [4.78, 5) is 54.7. The molecule has 3 N–H and O–H groups in total. The van der Waals surface area contributed by atoms with Crippen molar-refractivity contribution in [3.63, 3.8) is 0 Å². The zero-order valence-corrected chi connectivity index (χ0v) is 25.7. The molecule has 0 aromatic heterocycles. The number of nitrogens with zero attached hydrogens (tertiary/aromatic N) is 1. The van der Waals surface area contributed by atoms with Gasteiger partial charge in [-0.2, -0.15) is 0 Å². The summed E-state index contributed by atoms with van der Waals surface area (Å²) >= 11 is 5.87. The molecule has 4 rings (SSSR count). The Morgan fingerprint density at radius 3 is 2.48 bits per heavy atom. The van der Waals surface area contributed by atoms with Gasteiger partial charge in [-0.25, -0.2) is 17.9 Å². The first-order valence-electron chi connectivity index (χ1n) is 14.3. The van der Waals surface area contributed by atoms with Crippen molar-refractivity contribution in [3.05, 3.63) is 41.4 Å². The lowest BCUT2D eigenvalue weighted by Gasteiger charge is -2.30. The smallest absolute Gasteiger partial charge is 0.408 e. The molecule has 4 atom stereocenters. The summed E-state index contributed by atoms with van der Waals surface area (Å²) in [5.41, 5.74) is -2.22. The minimum Gasteiger partial charge on any atom is -0.444 e. The number of benzene rings is 1. The molecular formula is C29H39ClN4O7S. The van der Waals surface area contributed by atoms with Crippen molar-refractivity contribution in [2.75, 3.05) is 6.54 Å². The van der Waals surface area contributed by atoms with Crippen molar-refractivity contribution in [2.45, 2.75) is 100 Å². The fraction of sp³-hybridized carbons (Fsp3) is 0.586. The van der Waals surface area contributed by atoms with Gasteiger partial charge in [0.15, 0.2) is 0 Å². The number of alkyl carbamates (subject to hydrolysis) is 1. The molecule has 42 heavy (non-hydrogen) atoms. The highest BCUT2D eigenvalue weighted by molar-refractivity contribution is 7.90. The molecule has 1 aliphatic carbocycles. The standard InChI is InChI=1S/C29H39ClN4O7S/c1-28(2,3)41-27(38)31-22-11-8-6-4-5-7-10-19-18-29(19,32-24(35)23-12-9-17-34(23)25(22)36)26(37)33-42(39,40)21-15-13-20(30)14-16-21/h7,10,13-16,19,22-23H,4-6,8-9,11-12,17-18H2,1-3H3,(H,31,38)(H,32,35)(H,33,37)/t19-,22+,23?,29-/m1/s1. The number of sulfonamides is 1. The van der Waals surface area contributed by atoms with E-state index in [1.54, 1.807) is 20.8 Å². The van der Waals surface area contributed by atoms with Crippen LogP contribution in [0.2, 0.25) is 5.02 Å². The topological polar surface area (TPSA) is 151 Å². The number of carbonyl (C=O) groups is 4. The van der Waals surface area contributed by atoms with Crippen LogP contribution in [0.4, 0.5) is 4.79 Å². The van der Waals surface area contributed by atoms with E-state index in [2.05, 4.69) is 15.4 Å². The molecule has 1 saturated heterocycles. The maximum atomic E-state index is 13.7. The van der Waals surface area contributed by atoms with E-state index >= 15 is 0 Å². The number of ether oxygens (including phenoxy) is 1. The molecule has 1 saturated carbocycles. The van der Waals surface area contributed by atoms with Gasteiger partial charge in [-0.05, 0) is 83.6 Å². The summed E-state index contributed by atoms with van der Waals surface area (Å²) in [6.07, 6.45) is 7.64. The van der Waals surface area contributed by atoms with E-state index in [0.29, 0.717) is 43.7 Å². The Morgan fingerprint density at radius 1 is 1.07 bits per heavy atom. The maximum Gasteiger partial charge on any atom is 0.408 e. The molecular weight excluding hydrogens is 584 g/mol. The first-order valence-corrected chi connectivity index (χ1v) is 16.2. The van der Waals surface area contributed by atoms with Gasteiger partial charge in [0.1, 0.15) is 23.2 Å². The van der Waals surface area contributed by atoms with Gasteiger partial charge >= 0.3 is 6.09 Å². The van der Waals surface area contributed by atoms with Crippen LogP contribution in [0.5, 0.6) is 0 Å². The number of allylic oxidation sites excluding steroid dienone is 1. The highest BCUT2D eigenvalue weighted by Crippen LogP contribution is 2.45. The number of rotatable bonds is 4. The number of halogens is 1. The lowest BCUT2D eigenvalue weighted by molar-refractivity contribution is -0.141. The number of nitrogens with one attached hydrogen (secondary N) is 3. The molecule has 0 spiro atoms. The number of fused-ring (bicyclic) bond motifs is 2. The summed E-state index contributed by atoms with van der Waals surface area (Å²) in [6.45, 7) is 5.52. The predicted molar refractivity (Wildman–Crippen MR) is 156 cm³/mol. The molecule has 1 unspecified atom stereocenters. The number of hydrogen-bond acceptors (Lipinski definition) is 7. The van der Waals surface area contributed by atoms with Crippen molar-refractivity contribution in [2.24, 2.45) is 5.92 Å². The molecule has 1 aromatic carbocycles. The molecule has 1 aromatic rings. The van der Waals surface area contributed by atoms with Crippen LogP contribution < -0.4 is 15.4 Å². The third-order valence-electron chi connectivity index (χ3n) is 7.68. The summed E-state index contributed by atoms with van der Waals surface area (Å²) in [6, 6.07) is 3.66.